The number of sulfonamides is 1. The second-order valence-electron chi connectivity index (χ2n) is 5.95. The van der Waals surface area contributed by atoms with Crippen LogP contribution in [0.3, 0.4) is 0 Å². The minimum absolute atomic E-state index is 0.189. The highest BCUT2D eigenvalue weighted by molar-refractivity contribution is 7.88. The third-order valence-electron chi connectivity index (χ3n) is 3.93. The zero-order valence-corrected chi connectivity index (χ0v) is 14.2. The standard InChI is InChI=1S/C14H26N4O3S/c1-3-4-8-13-16-14(21-17-13)11-18-9-6-5-7-12(18)10-15-22(2,19)20/h12,15H,3-11H2,1-2H3/t12-/m0/s1. The topological polar surface area (TPSA) is 88.3 Å². The quantitative estimate of drug-likeness (QED) is 0.773. The highest BCUT2D eigenvalue weighted by atomic mass is 32.2. The molecule has 0 radical (unpaired) electrons. The molecule has 126 valence electrons. The van der Waals surface area contributed by atoms with Gasteiger partial charge in [0, 0.05) is 19.0 Å². The summed E-state index contributed by atoms with van der Waals surface area (Å²) in [7, 11) is -3.15. The van der Waals surface area contributed by atoms with E-state index in [-0.39, 0.29) is 6.04 Å². The van der Waals surface area contributed by atoms with Gasteiger partial charge in [-0.25, -0.2) is 13.1 Å². The van der Waals surface area contributed by atoms with Crippen molar-refractivity contribution >= 4 is 10.0 Å². The van der Waals surface area contributed by atoms with E-state index in [1.54, 1.807) is 0 Å². The average Bonchev–Trinajstić information content (AvgIpc) is 2.91. The Labute approximate surface area is 132 Å². The van der Waals surface area contributed by atoms with Gasteiger partial charge in [-0.1, -0.05) is 24.9 Å². The molecule has 0 aromatic carbocycles. The molecule has 1 atom stereocenters. The van der Waals surface area contributed by atoms with E-state index in [0.717, 1.165) is 50.9 Å². The van der Waals surface area contributed by atoms with Gasteiger partial charge >= 0.3 is 0 Å². The van der Waals surface area contributed by atoms with Crippen LogP contribution in [-0.2, 0) is 23.0 Å². The van der Waals surface area contributed by atoms with E-state index < -0.39 is 10.0 Å². The summed E-state index contributed by atoms with van der Waals surface area (Å²) in [5.41, 5.74) is 0. The second kappa shape index (κ2) is 8.03. The first-order valence-corrected chi connectivity index (χ1v) is 9.87. The Balaban J connectivity index is 1.91. The molecule has 22 heavy (non-hydrogen) atoms. The number of nitrogens with zero attached hydrogens (tertiary/aromatic N) is 3. The van der Waals surface area contributed by atoms with Crippen molar-refractivity contribution in [3.05, 3.63) is 11.7 Å². The molecule has 2 heterocycles. The zero-order valence-electron chi connectivity index (χ0n) is 13.4. The first-order valence-electron chi connectivity index (χ1n) is 7.98. The van der Waals surface area contributed by atoms with E-state index in [9.17, 15) is 8.42 Å². The predicted molar refractivity (Wildman–Crippen MR) is 83.8 cm³/mol. The summed E-state index contributed by atoms with van der Waals surface area (Å²) in [4.78, 5) is 6.66. The number of unbranched alkanes of at least 4 members (excludes halogenated alkanes) is 1. The number of aromatic nitrogens is 2. The molecule has 0 aliphatic carbocycles. The van der Waals surface area contributed by atoms with Crippen LogP contribution in [0.25, 0.3) is 0 Å². The normalized spacial score (nSPS) is 20.4. The molecule has 1 aromatic rings. The first kappa shape index (κ1) is 17.4. The molecule has 1 N–H and O–H groups in total. The fraction of sp³-hybridized carbons (Fsp3) is 0.857. The summed E-state index contributed by atoms with van der Waals surface area (Å²) in [6.07, 6.45) is 7.43. The molecule has 0 saturated carbocycles. The predicted octanol–water partition coefficient (Wildman–Crippen LogP) is 1.32. The van der Waals surface area contributed by atoms with Crippen molar-refractivity contribution in [2.75, 3.05) is 19.3 Å². The summed E-state index contributed by atoms with van der Waals surface area (Å²) in [6.45, 7) is 4.10. The smallest absolute Gasteiger partial charge is 0.240 e. The van der Waals surface area contributed by atoms with Gasteiger partial charge in [0.1, 0.15) is 0 Å². The van der Waals surface area contributed by atoms with Gasteiger partial charge in [0.2, 0.25) is 15.9 Å². The minimum Gasteiger partial charge on any atom is -0.338 e. The van der Waals surface area contributed by atoms with E-state index in [4.69, 9.17) is 4.52 Å². The Morgan fingerprint density at radius 3 is 2.95 bits per heavy atom. The molecule has 2 rings (SSSR count). The summed E-state index contributed by atoms with van der Waals surface area (Å²) in [5, 5.41) is 4.01. The molecule has 0 spiro atoms. The van der Waals surface area contributed by atoms with Gasteiger partial charge in [0.05, 0.1) is 12.8 Å². The Morgan fingerprint density at radius 1 is 1.41 bits per heavy atom. The fourth-order valence-electron chi connectivity index (χ4n) is 2.71. The van der Waals surface area contributed by atoms with Gasteiger partial charge < -0.3 is 4.52 Å². The van der Waals surface area contributed by atoms with E-state index in [1.165, 1.54) is 6.26 Å². The average molecular weight is 330 g/mol. The van der Waals surface area contributed by atoms with Crippen LogP contribution >= 0.6 is 0 Å². The Kier molecular flexibility index (Phi) is 6.34. The number of rotatable bonds is 8. The van der Waals surface area contributed by atoms with Gasteiger partial charge in [-0.05, 0) is 25.8 Å². The lowest BCUT2D eigenvalue weighted by Crippen LogP contribution is -2.46. The van der Waals surface area contributed by atoms with Crippen LogP contribution in [-0.4, -0.2) is 48.8 Å². The molecule has 0 amide bonds. The van der Waals surface area contributed by atoms with Crippen molar-refractivity contribution in [2.45, 2.75) is 58.0 Å². The summed E-state index contributed by atoms with van der Waals surface area (Å²) in [6, 6.07) is 0.189. The highest BCUT2D eigenvalue weighted by Crippen LogP contribution is 2.19. The summed E-state index contributed by atoms with van der Waals surface area (Å²) < 4.78 is 30.5. The van der Waals surface area contributed by atoms with Crippen molar-refractivity contribution < 1.29 is 12.9 Å². The van der Waals surface area contributed by atoms with E-state index in [2.05, 4.69) is 26.7 Å². The molecule has 0 bridgehead atoms. The third-order valence-corrected chi connectivity index (χ3v) is 4.62. The van der Waals surface area contributed by atoms with Crippen LogP contribution in [0.15, 0.2) is 4.52 Å². The second-order valence-corrected chi connectivity index (χ2v) is 7.78. The number of likely N-dealkylation sites (tertiary alicyclic amines) is 1. The zero-order chi connectivity index (χ0) is 16.0. The Bertz CT molecular complexity index is 558. The van der Waals surface area contributed by atoms with Crippen LogP contribution in [0.5, 0.6) is 0 Å². The van der Waals surface area contributed by atoms with Gasteiger partial charge in [-0.2, -0.15) is 4.98 Å². The van der Waals surface area contributed by atoms with Crippen LogP contribution < -0.4 is 4.72 Å². The van der Waals surface area contributed by atoms with Gasteiger partial charge in [-0.15, -0.1) is 0 Å². The molecule has 0 unspecified atom stereocenters. The minimum atomic E-state index is -3.15. The highest BCUT2D eigenvalue weighted by Gasteiger charge is 2.25. The van der Waals surface area contributed by atoms with Crippen LogP contribution in [0, 0.1) is 0 Å². The molecule has 1 fully saturated rings. The number of aryl methyl sites for hydroxylation is 1. The summed E-state index contributed by atoms with van der Waals surface area (Å²) in [5.74, 6) is 1.39. The van der Waals surface area contributed by atoms with Crippen molar-refractivity contribution in [1.29, 1.82) is 0 Å². The fourth-order valence-corrected chi connectivity index (χ4v) is 3.21. The maximum Gasteiger partial charge on any atom is 0.240 e. The molecule has 1 saturated heterocycles. The molecule has 1 aliphatic heterocycles. The number of hydrogen-bond acceptors (Lipinski definition) is 6. The van der Waals surface area contributed by atoms with E-state index in [0.29, 0.717) is 19.0 Å². The van der Waals surface area contributed by atoms with Crippen molar-refractivity contribution in [3.63, 3.8) is 0 Å². The van der Waals surface area contributed by atoms with Gasteiger partial charge in [0.15, 0.2) is 5.82 Å². The molecule has 8 heteroatoms. The van der Waals surface area contributed by atoms with Crippen molar-refractivity contribution in [3.8, 4) is 0 Å². The van der Waals surface area contributed by atoms with Crippen molar-refractivity contribution in [2.24, 2.45) is 0 Å². The Hall–Kier alpha value is -0.990. The maximum atomic E-state index is 11.3. The number of hydrogen-bond donors (Lipinski definition) is 1. The molecular formula is C14H26N4O3S. The van der Waals surface area contributed by atoms with Crippen LogP contribution in [0.2, 0.25) is 0 Å². The van der Waals surface area contributed by atoms with E-state index in [1.807, 2.05) is 0 Å². The Morgan fingerprint density at radius 2 is 2.23 bits per heavy atom. The molecular weight excluding hydrogens is 304 g/mol. The molecule has 7 nitrogen and oxygen atoms in total. The van der Waals surface area contributed by atoms with Crippen LogP contribution in [0.4, 0.5) is 0 Å². The maximum absolute atomic E-state index is 11.3. The monoisotopic (exact) mass is 330 g/mol. The summed E-state index contributed by atoms with van der Waals surface area (Å²) >= 11 is 0. The lowest BCUT2D eigenvalue weighted by Gasteiger charge is -2.34. The molecule has 1 aromatic heterocycles. The third kappa shape index (κ3) is 5.66. The number of piperidine rings is 1. The lowest BCUT2D eigenvalue weighted by molar-refractivity contribution is 0.125. The van der Waals surface area contributed by atoms with Crippen LogP contribution in [0.1, 0.15) is 50.7 Å². The van der Waals surface area contributed by atoms with Crippen molar-refractivity contribution in [1.82, 2.24) is 19.8 Å². The largest absolute Gasteiger partial charge is 0.338 e. The van der Waals surface area contributed by atoms with Gasteiger partial charge in [0.25, 0.3) is 0 Å². The SMILES string of the molecule is CCCCc1noc(CN2CCCC[C@H]2CNS(C)(=O)=O)n1. The lowest BCUT2D eigenvalue weighted by atomic mass is 10.0. The van der Waals surface area contributed by atoms with Gasteiger partial charge in [-0.3, -0.25) is 4.90 Å². The van der Waals surface area contributed by atoms with E-state index >= 15 is 0 Å². The molecule has 1 aliphatic rings. The number of nitrogens with one attached hydrogen (secondary N) is 1. The first-order chi connectivity index (χ1) is 10.5.